The van der Waals surface area contributed by atoms with Crippen molar-refractivity contribution >= 4 is 10.0 Å². The SMILES string of the molecule is CN(C)CC(C)(C)CNS(=O)(=O)Cc1ccccc1F. The summed E-state index contributed by atoms with van der Waals surface area (Å²) in [6.07, 6.45) is 0. The van der Waals surface area contributed by atoms with Crippen LogP contribution in [0.15, 0.2) is 24.3 Å². The van der Waals surface area contributed by atoms with Crippen LogP contribution in [0.25, 0.3) is 0 Å². The molecule has 0 aliphatic heterocycles. The summed E-state index contributed by atoms with van der Waals surface area (Å²) in [6.45, 7) is 5.05. The Morgan fingerprint density at radius 2 is 1.85 bits per heavy atom. The normalized spacial score (nSPS) is 12.9. The van der Waals surface area contributed by atoms with E-state index in [0.717, 1.165) is 6.54 Å². The molecule has 0 saturated carbocycles. The molecule has 6 heteroatoms. The van der Waals surface area contributed by atoms with Crippen molar-refractivity contribution in [3.63, 3.8) is 0 Å². The standard InChI is InChI=1S/C14H23FN2O2S/c1-14(2,11-17(3)4)10-16-20(18,19)9-12-7-5-6-8-13(12)15/h5-8,16H,9-11H2,1-4H3. The van der Waals surface area contributed by atoms with Gasteiger partial charge in [-0.15, -0.1) is 0 Å². The van der Waals surface area contributed by atoms with Gasteiger partial charge in [-0.2, -0.15) is 0 Å². The number of benzene rings is 1. The highest BCUT2D eigenvalue weighted by atomic mass is 32.2. The third-order valence-electron chi connectivity index (χ3n) is 2.82. The Morgan fingerprint density at radius 3 is 2.40 bits per heavy atom. The second-order valence-corrected chi connectivity index (χ2v) is 7.88. The van der Waals surface area contributed by atoms with Gasteiger partial charge in [0, 0.05) is 18.7 Å². The van der Waals surface area contributed by atoms with Crippen molar-refractivity contribution in [1.82, 2.24) is 9.62 Å². The second kappa shape index (κ2) is 6.65. The lowest BCUT2D eigenvalue weighted by molar-refractivity contribution is 0.242. The van der Waals surface area contributed by atoms with E-state index in [1.54, 1.807) is 12.1 Å². The monoisotopic (exact) mass is 302 g/mol. The molecule has 0 amide bonds. The molecule has 1 N–H and O–H groups in total. The summed E-state index contributed by atoms with van der Waals surface area (Å²) in [4.78, 5) is 2.01. The van der Waals surface area contributed by atoms with E-state index in [0.29, 0.717) is 6.54 Å². The highest BCUT2D eigenvalue weighted by Crippen LogP contribution is 2.16. The van der Waals surface area contributed by atoms with Crippen LogP contribution in [0, 0.1) is 11.2 Å². The number of nitrogens with zero attached hydrogens (tertiary/aromatic N) is 1. The topological polar surface area (TPSA) is 49.4 Å². The fourth-order valence-corrected chi connectivity index (χ4v) is 3.44. The molecule has 114 valence electrons. The third kappa shape index (κ3) is 5.98. The third-order valence-corrected chi connectivity index (χ3v) is 4.09. The van der Waals surface area contributed by atoms with Crippen molar-refractivity contribution in [1.29, 1.82) is 0 Å². The van der Waals surface area contributed by atoms with Gasteiger partial charge in [0.1, 0.15) is 5.82 Å². The summed E-state index contributed by atoms with van der Waals surface area (Å²) < 4.78 is 40.0. The van der Waals surface area contributed by atoms with Crippen LogP contribution in [-0.4, -0.2) is 40.5 Å². The first-order valence-corrected chi connectivity index (χ1v) is 8.12. The average molecular weight is 302 g/mol. The minimum Gasteiger partial charge on any atom is -0.309 e. The number of rotatable bonds is 7. The molecule has 0 aromatic heterocycles. The van der Waals surface area contributed by atoms with Crippen LogP contribution in [0.4, 0.5) is 4.39 Å². The van der Waals surface area contributed by atoms with Crippen molar-refractivity contribution in [2.45, 2.75) is 19.6 Å². The minimum atomic E-state index is -3.53. The van der Waals surface area contributed by atoms with Gasteiger partial charge < -0.3 is 4.90 Å². The van der Waals surface area contributed by atoms with Crippen molar-refractivity contribution in [3.05, 3.63) is 35.6 Å². The fourth-order valence-electron chi connectivity index (χ4n) is 2.09. The molecule has 1 rings (SSSR count). The van der Waals surface area contributed by atoms with Crippen LogP contribution in [0.1, 0.15) is 19.4 Å². The summed E-state index contributed by atoms with van der Waals surface area (Å²) in [5.41, 5.74) is -0.00312. The molecular weight excluding hydrogens is 279 g/mol. The zero-order valence-electron chi connectivity index (χ0n) is 12.5. The first kappa shape index (κ1) is 17.1. The van der Waals surface area contributed by atoms with Crippen molar-refractivity contribution in [3.8, 4) is 0 Å². The lowest BCUT2D eigenvalue weighted by atomic mass is 9.93. The summed E-state index contributed by atoms with van der Waals surface area (Å²) in [6, 6.07) is 5.92. The predicted molar refractivity (Wildman–Crippen MR) is 79.4 cm³/mol. The van der Waals surface area contributed by atoms with Gasteiger partial charge in [-0.05, 0) is 25.6 Å². The van der Waals surface area contributed by atoms with E-state index in [-0.39, 0.29) is 16.7 Å². The maximum Gasteiger partial charge on any atom is 0.215 e. The van der Waals surface area contributed by atoms with Gasteiger partial charge in [0.25, 0.3) is 0 Å². The van der Waals surface area contributed by atoms with Crippen molar-refractivity contribution in [2.75, 3.05) is 27.2 Å². The Balaban J connectivity index is 2.65. The first-order chi connectivity index (χ1) is 9.11. The zero-order valence-corrected chi connectivity index (χ0v) is 13.3. The zero-order chi connectivity index (χ0) is 15.4. The van der Waals surface area contributed by atoms with Crippen LogP contribution in [0.3, 0.4) is 0 Å². The van der Waals surface area contributed by atoms with Crippen LogP contribution in [0.5, 0.6) is 0 Å². The number of hydrogen-bond acceptors (Lipinski definition) is 3. The van der Waals surface area contributed by atoms with E-state index < -0.39 is 15.8 Å². The van der Waals surface area contributed by atoms with E-state index in [1.807, 2.05) is 32.8 Å². The van der Waals surface area contributed by atoms with Crippen molar-refractivity contribution < 1.29 is 12.8 Å². The molecule has 0 unspecified atom stereocenters. The molecule has 1 aromatic carbocycles. The highest BCUT2D eigenvalue weighted by molar-refractivity contribution is 7.88. The summed E-state index contributed by atoms with van der Waals surface area (Å²) in [5.74, 6) is -0.831. The Morgan fingerprint density at radius 1 is 1.25 bits per heavy atom. The minimum absolute atomic E-state index is 0.186. The number of halogens is 1. The van der Waals surface area contributed by atoms with E-state index in [9.17, 15) is 12.8 Å². The summed E-state index contributed by atoms with van der Waals surface area (Å²) in [5, 5.41) is 0. The molecule has 0 heterocycles. The molecule has 20 heavy (non-hydrogen) atoms. The van der Waals surface area contributed by atoms with E-state index in [2.05, 4.69) is 4.72 Å². The molecule has 0 atom stereocenters. The Labute approximate surface area is 121 Å². The van der Waals surface area contributed by atoms with Gasteiger partial charge in [0.2, 0.25) is 10.0 Å². The Kier molecular flexibility index (Phi) is 5.68. The molecule has 1 aromatic rings. The van der Waals surface area contributed by atoms with Crippen LogP contribution in [0.2, 0.25) is 0 Å². The van der Waals surface area contributed by atoms with Gasteiger partial charge in [-0.25, -0.2) is 17.5 Å². The average Bonchev–Trinajstić information content (AvgIpc) is 2.28. The Bertz CT molecular complexity index is 542. The fraction of sp³-hybridized carbons (Fsp3) is 0.571. The van der Waals surface area contributed by atoms with Gasteiger partial charge in [-0.1, -0.05) is 32.0 Å². The lowest BCUT2D eigenvalue weighted by Crippen LogP contribution is -2.40. The predicted octanol–water partition coefficient (Wildman–Crippen LogP) is 1.83. The first-order valence-electron chi connectivity index (χ1n) is 6.47. The van der Waals surface area contributed by atoms with Gasteiger partial charge >= 0.3 is 0 Å². The maximum absolute atomic E-state index is 13.5. The van der Waals surface area contributed by atoms with Gasteiger partial charge in [-0.3, -0.25) is 0 Å². The Hall–Kier alpha value is -0.980. The quantitative estimate of drug-likeness (QED) is 0.836. The van der Waals surface area contributed by atoms with E-state index >= 15 is 0 Å². The summed E-state index contributed by atoms with van der Waals surface area (Å²) >= 11 is 0. The molecule has 0 saturated heterocycles. The van der Waals surface area contributed by atoms with Crippen LogP contribution < -0.4 is 4.72 Å². The number of hydrogen-bond donors (Lipinski definition) is 1. The van der Waals surface area contributed by atoms with Crippen molar-refractivity contribution in [2.24, 2.45) is 5.41 Å². The van der Waals surface area contributed by atoms with Crippen LogP contribution >= 0.6 is 0 Å². The second-order valence-electron chi connectivity index (χ2n) is 6.07. The number of sulfonamides is 1. The van der Waals surface area contributed by atoms with Gasteiger partial charge in [0.05, 0.1) is 5.75 Å². The maximum atomic E-state index is 13.5. The molecule has 0 aliphatic carbocycles. The van der Waals surface area contributed by atoms with Gasteiger partial charge in [0.15, 0.2) is 0 Å². The van der Waals surface area contributed by atoms with Crippen LogP contribution in [-0.2, 0) is 15.8 Å². The molecule has 0 aliphatic rings. The molecule has 0 spiro atoms. The molecule has 4 nitrogen and oxygen atoms in total. The summed E-state index contributed by atoms with van der Waals surface area (Å²) in [7, 11) is 0.346. The molecular formula is C14H23FN2O2S. The largest absolute Gasteiger partial charge is 0.309 e. The van der Waals surface area contributed by atoms with E-state index in [1.165, 1.54) is 12.1 Å². The smallest absolute Gasteiger partial charge is 0.215 e. The molecule has 0 fully saturated rings. The highest BCUT2D eigenvalue weighted by Gasteiger charge is 2.22. The molecule has 0 bridgehead atoms. The molecule has 0 radical (unpaired) electrons. The lowest BCUT2D eigenvalue weighted by Gasteiger charge is -2.28. The number of nitrogens with one attached hydrogen (secondary N) is 1. The van der Waals surface area contributed by atoms with E-state index in [4.69, 9.17) is 0 Å².